The highest BCUT2D eigenvalue weighted by atomic mass is 14.3. The van der Waals surface area contributed by atoms with Gasteiger partial charge >= 0.3 is 0 Å². The van der Waals surface area contributed by atoms with E-state index in [1.54, 1.807) is 11.1 Å². The summed E-state index contributed by atoms with van der Waals surface area (Å²) in [5.41, 5.74) is 6.26. The third kappa shape index (κ3) is 1.00. The van der Waals surface area contributed by atoms with E-state index in [-0.39, 0.29) is 0 Å². The lowest BCUT2D eigenvalue weighted by atomic mass is 9.89. The Morgan fingerprint density at radius 1 is 1.21 bits per heavy atom. The number of hydrogen-bond donors (Lipinski definition) is 0. The summed E-state index contributed by atoms with van der Waals surface area (Å²) in [7, 11) is 0. The first kappa shape index (κ1) is 8.05. The zero-order valence-corrected chi connectivity index (χ0v) is 8.46. The maximum Gasteiger partial charge on any atom is -0.00420 e. The van der Waals surface area contributed by atoms with E-state index < -0.39 is 0 Å². The van der Waals surface area contributed by atoms with Crippen LogP contribution >= 0.6 is 0 Å². The van der Waals surface area contributed by atoms with Crippen LogP contribution in [0.3, 0.4) is 0 Å². The Bertz CT molecular complexity index is 435. The van der Waals surface area contributed by atoms with Crippen molar-refractivity contribution in [1.82, 2.24) is 0 Å². The van der Waals surface area contributed by atoms with E-state index in [1.165, 1.54) is 17.5 Å². The summed E-state index contributed by atoms with van der Waals surface area (Å²) in [6.45, 7) is 2.30. The Morgan fingerprint density at radius 3 is 3.00 bits per heavy atom. The van der Waals surface area contributed by atoms with Crippen molar-refractivity contribution in [3.8, 4) is 0 Å². The van der Waals surface area contributed by atoms with Gasteiger partial charge in [-0.3, -0.25) is 0 Å². The van der Waals surface area contributed by atoms with Crippen LogP contribution in [-0.2, 0) is 6.42 Å². The van der Waals surface area contributed by atoms with Gasteiger partial charge in [-0.1, -0.05) is 48.9 Å². The van der Waals surface area contributed by atoms with Crippen molar-refractivity contribution in [2.45, 2.75) is 19.8 Å². The van der Waals surface area contributed by atoms with E-state index in [9.17, 15) is 0 Å². The summed E-state index contributed by atoms with van der Waals surface area (Å²) in [5, 5.41) is 0. The molecule has 3 rings (SSSR count). The van der Waals surface area contributed by atoms with Crippen LogP contribution in [0.5, 0.6) is 0 Å². The molecule has 0 heterocycles. The molecule has 0 N–H and O–H groups in total. The van der Waals surface area contributed by atoms with Crippen LogP contribution in [0.1, 0.15) is 24.5 Å². The summed E-state index contributed by atoms with van der Waals surface area (Å²) in [5.74, 6) is 0.645. The van der Waals surface area contributed by atoms with Crippen molar-refractivity contribution in [2.24, 2.45) is 5.92 Å². The Kier molecular flexibility index (Phi) is 1.63. The van der Waals surface area contributed by atoms with Gasteiger partial charge in [-0.05, 0) is 35.5 Å². The molecule has 1 atom stereocenters. The minimum Gasteiger partial charge on any atom is -0.0835 e. The molecule has 0 nitrogen and oxygen atoms in total. The van der Waals surface area contributed by atoms with E-state index in [4.69, 9.17) is 0 Å². The molecular weight excluding hydrogens is 168 g/mol. The molecule has 0 radical (unpaired) electrons. The van der Waals surface area contributed by atoms with Crippen molar-refractivity contribution < 1.29 is 0 Å². The molecule has 70 valence electrons. The van der Waals surface area contributed by atoms with Crippen molar-refractivity contribution in [3.63, 3.8) is 0 Å². The Balaban J connectivity index is 2.13. The minimum atomic E-state index is 0.645. The fraction of sp³-hybridized carbons (Fsp3) is 0.286. The molecule has 0 saturated heterocycles. The summed E-state index contributed by atoms with van der Waals surface area (Å²) in [6.07, 6.45) is 6.96. The second kappa shape index (κ2) is 2.84. The lowest BCUT2D eigenvalue weighted by Crippen LogP contribution is -2.00. The van der Waals surface area contributed by atoms with Crippen LogP contribution in [0.15, 0.2) is 42.0 Å². The van der Waals surface area contributed by atoms with Gasteiger partial charge in [-0.2, -0.15) is 0 Å². The van der Waals surface area contributed by atoms with E-state index in [0.717, 1.165) is 6.42 Å². The number of hydrogen-bond acceptors (Lipinski definition) is 0. The molecule has 0 aromatic heterocycles. The molecule has 2 aliphatic carbocycles. The monoisotopic (exact) mass is 182 g/mol. The third-order valence-corrected chi connectivity index (χ3v) is 3.41. The first-order valence-electron chi connectivity index (χ1n) is 5.33. The standard InChI is InChI=1S/C14H14/c1-10-5-4-8-13-12-7-3-2-6-11(12)9-14(10)13/h2-7,10H,8-9H2,1H3. The van der Waals surface area contributed by atoms with Crippen molar-refractivity contribution in [2.75, 3.05) is 0 Å². The number of allylic oxidation sites excluding steroid dienone is 4. The normalized spacial score (nSPS) is 23.6. The molecule has 2 aliphatic rings. The van der Waals surface area contributed by atoms with Gasteiger partial charge in [-0.15, -0.1) is 0 Å². The minimum absolute atomic E-state index is 0.645. The zero-order valence-electron chi connectivity index (χ0n) is 8.46. The Hall–Kier alpha value is -1.30. The highest BCUT2D eigenvalue weighted by Gasteiger charge is 2.24. The fourth-order valence-corrected chi connectivity index (χ4v) is 2.64. The second-order valence-corrected chi connectivity index (χ2v) is 4.26. The molecule has 14 heavy (non-hydrogen) atoms. The largest absolute Gasteiger partial charge is 0.0835 e. The van der Waals surface area contributed by atoms with Crippen LogP contribution in [-0.4, -0.2) is 0 Å². The van der Waals surface area contributed by atoms with Crippen molar-refractivity contribution in [1.29, 1.82) is 0 Å². The first-order chi connectivity index (χ1) is 6.86. The number of benzene rings is 1. The van der Waals surface area contributed by atoms with Crippen LogP contribution in [0.25, 0.3) is 5.57 Å². The molecule has 0 aliphatic heterocycles. The van der Waals surface area contributed by atoms with Crippen molar-refractivity contribution in [3.05, 3.63) is 53.1 Å². The first-order valence-corrected chi connectivity index (χ1v) is 5.33. The molecule has 0 bridgehead atoms. The Morgan fingerprint density at radius 2 is 2.07 bits per heavy atom. The summed E-state index contributed by atoms with van der Waals surface area (Å²) in [4.78, 5) is 0. The topological polar surface area (TPSA) is 0 Å². The van der Waals surface area contributed by atoms with Gasteiger partial charge < -0.3 is 0 Å². The summed E-state index contributed by atoms with van der Waals surface area (Å²) >= 11 is 0. The van der Waals surface area contributed by atoms with Crippen LogP contribution in [0.2, 0.25) is 0 Å². The van der Waals surface area contributed by atoms with E-state index >= 15 is 0 Å². The van der Waals surface area contributed by atoms with Crippen LogP contribution < -0.4 is 0 Å². The number of rotatable bonds is 0. The molecule has 0 amide bonds. The van der Waals surface area contributed by atoms with Gasteiger partial charge in [0.15, 0.2) is 0 Å². The highest BCUT2D eigenvalue weighted by molar-refractivity contribution is 5.78. The average Bonchev–Trinajstić information content (AvgIpc) is 2.59. The second-order valence-electron chi connectivity index (χ2n) is 4.26. The lowest BCUT2D eigenvalue weighted by Gasteiger charge is -2.15. The molecule has 1 aromatic carbocycles. The maximum atomic E-state index is 2.34. The Labute approximate surface area is 85.0 Å². The molecule has 1 unspecified atom stereocenters. The van der Waals surface area contributed by atoms with Gasteiger partial charge in [0.25, 0.3) is 0 Å². The van der Waals surface area contributed by atoms with Gasteiger partial charge in [-0.25, -0.2) is 0 Å². The molecule has 0 heteroatoms. The van der Waals surface area contributed by atoms with Gasteiger partial charge in [0.2, 0.25) is 0 Å². The van der Waals surface area contributed by atoms with Crippen LogP contribution in [0, 0.1) is 5.92 Å². The van der Waals surface area contributed by atoms with E-state index in [1.807, 2.05) is 0 Å². The van der Waals surface area contributed by atoms with Gasteiger partial charge in [0.1, 0.15) is 0 Å². The SMILES string of the molecule is CC1C=CCC2=C1Cc1ccccc12. The van der Waals surface area contributed by atoms with Gasteiger partial charge in [0, 0.05) is 0 Å². The maximum absolute atomic E-state index is 2.34. The average molecular weight is 182 g/mol. The van der Waals surface area contributed by atoms with E-state index in [0.29, 0.717) is 5.92 Å². The quantitative estimate of drug-likeness (QED) is 0.538. The zero-order chi connectivity index (χ0) is 9.54. The molecule has 0 saturated carbocycles. The predicted octanol–water partition coefficient (Wildman–Crippen LogP) is 3.59. The molecule has 0 fully saturated rings. The summed E-state index contributed by atoms with van der Waals surface area (Å²) in [6, 6.07) is 8.83. The number of fused-ring (bicyclic) bond motifs is 2. The smallest absolute Gasteiger partial charge is 0.00420 e. The van der Waals surface area contributed by atoms with Gasteiger partial charge in [0.05, 0.1) is 0 Å². The lowest BCUT2D eigenvalue weighted by molar-refractivity contribution is 0.820. The molecule has 1 aromatic rings. The van der Waals surface area contributed by atoms with E-state index in [2.05, 4.69) is 43.3 Å². The fourth-order valence-electron chi connectivity index (χ4n) is 2.64. The summed E-state index contributed by atoms with van der Waals surface area (Å²) < 4.78 is 0. The third-order valence-electron chi connectivity index (χ3n) is 3.41. The van der Waals surface area contributed by atoms with Crippen LogP contribution in [0.4, 0.5) is 0 Å². The predicted molar refractivity (Wildman–Crippen MR) is 60.0 cm³/mol. The molecule has 0 spiro atoms. The highest BCUT2D eigenvalue weighted by Crippen LogP contribution is 2.41. The molecular formula is C14H14. The van der Waals surface area contributed by atoms with Crippen molar-refractivity contribution >= 4 is 5.57 Å².